The second kappa shape index (κ2) is 5.51. The van der Waals surface area contributed by atoms with E-state index in [2.05, 4.69) is 15.1 Å². The van der Waals surface area contributed by atoms with Gasteiger partial charge in [0.1, 0.15) is 17.5 Å². The number of halogens is 1. The fourth-order valence-electron chi connectivity index (χ4n) is 2.04. The molecule has 1 aromatic carbocycles. The quantitative estimate of drug-likeness (QED) is 0.747. The Morgan fingerprint density at radius 1 is 1.38 bits per heavy atom. The molecule has 0 aliphatic carbocycles. The van der Waals surface area contributed by atoms with Crippen LogP contribution in [0, 0.1) is 0 Å². The van der Waals surface area contributed by atoms with Crippen LogP contribution in [0.4, 0.5) is 5.82 Å². The fraction of sp³-hybridized carbons (Fsp3) is 0.154. The molecule has 6 nitrogen and oxygen atoms in total. The van der Waals surface area contributed by atoms with Crippen molar-refractivity contribution in [1.29, 1.82) is 0 Å². The van der Waals surface area contributed by atoms with Gasteiger partial charge in [0.2, 0.25) is 0 Å². The molecule has 0 aliphatic rings. The minimum atomic E-state index is -1.50. The van der Waals surface area contributed by atoms with E-state index >= 15 is 0 Å². The van der Waals surface area contributed by atoms with Crippen LogP contribution < -0.4 is 5.73 Å². The van der Waals surface area contributed by atoms with Crippen LogP contribution in [0.25, 0.3) is 11.0 Å². The number of rotatable bonds is 3. The predicted molar refractivity (Wildman–Crippen MR) is 81.5 cm³/mol. The topological polar surface area (TPSA) is 92.7 Å². The Morgan fingerprint density at radius 3 is 2.90 bits per heavy atom. The number of nitrogen functional groups attached to an aromatic ring is 1. The molecule has 0 amide bonds. The summed E-state index contributed by atoms with van der Waals surface area (Å²) >= 11 is 4.45. The lowest BCUT2D eigenvalue weighted by Gasteiger charge is -2.07. The van der Waals surface area contributed by atoms with Gasteiger partial charge in [-0.1, -0.05) is 17.7 Å². The standard InChI is InChI=1S/C13H12ClN5OS/c1-2-19-12-10(11(15)16-7-17-12)13(18-19)21(20)9-5-3-4-8(14)6-9/h3-7H,2H2,1H3,(H2,15,16,17). The SMILES string of the molecule is CCn1nc([S+]([O-])c2cccc(Cl)c2)c2c(N)ncnc21. The minimum Gasteiger partial charge on any atom is -0.605 e. The van der Waals surface area contributed by atoms with Crippen molar-refractivity contribution in [2.45, 2.75) is 23.4 Å². The molecular weight excluding hydrogens is 310 g/mol. The number of anilines is 1. The first-order chi connectivity index (χ1) is 10.1. The maximum absolute atomic E-state index is 12.8. The van der Waals surface area contributed by atoms with Crippen molar-refractivity contribution < 1.29 is 4.55 Å². The molecule has 0 fully saturated rings. The number of hydrogen-bond donors (Lipinski definition) is 1. The lowest BCUT2D eigenvalue weighted by atomic mass is 10.4. The third kappa shape index (κ3) is 2.44. The molecule has 1 unspecified atom stereocenters. The van der Waals surface area contributed by atoms with Gasteiger partial charge in [0.15, 0.2) is 10.5 Å². The Hall–Kier alpha value is -1.83. The summed E-state index contributed by atoms with van der Waals surface area (Å²) in [6.07, 6.45) is 1.37. The van der Waals surface area contributed by atoms with Gasteiger partial charge < -0.3 is 10.3 Å². The van der Waals surface area contributed by atoms with E-state index in [0.717, 1.165) is 0 Å². The number of aryl methyl sites for hydroxylation is 1. The monoisotopic (exact) mass is 321 g/mol. The molecule has 3 rings (SSSR count). The van der Waals surface area contributed by atoms with E-state index in [9.17, 15) is 4.55 Å². The lowest BCUT2D eigenvalue weighted by molar-refractivity contribution is 0.583. The Kier molecular flexibility index (Phi) is 3.71. The highest BCUT2D eigenvalue weighted by Crippen LogP contribution is 2.30. The van der Waals surface area contributed by atoms with Crippen LogP contribution in [0.3, 0.4) is 0 Å². The number of nitrogens with two attached hydrogens (primary N) is 1. The highest BCUT2D eigenvalue weighted by molar-refractivity contribution is 7.91. The third-order valence-electron chi connectivity index (χ3n) is 3.01. The first-order valence-corrected chi connectivity index (χ1v) is 7.79. The second-order valence-corrected chi connectivity index (χ2v) is 6.14. The zero-order valence-electron chi connectivity index (χ0n) is 11.2. The zero-order valence-corrected chi connectivity index (χ0v) is 12.7. The normalized spacial score (nSPS) is 12.7. The number of fused-ring (bicyclic) bond motifs is 1. The van der Waals surface area contributed by atoms with Crippen LogP contribution in [0.5, 0.6) is 0 Å². The highest BCUT2D eigenvalue weighted by atomic mass is 35.5. The minimum absolute atomic E-state index is 0.269. The molecule has 0 spiro atoms. The van der Waals surface area contributed by atoms with E-state index in [4.69, 9.17) is 17.3 Å². The van der Waals surface area contributed by atoms with Gasteiger partial charge in [-0.05, 0) is 19.1 Å². The van der Waals surface area contributed by atoms with E-state index in [1.54, 1.807) is 28.9 Å². The van der Waals surface area contributed by atoms with Crippen LogP contribution in [0.1, 0.15) is 6.92 Å². The van der Waals surface area contributed by atoms with Gasteiger partial charge in [-0.25, -0.2) is 14.6 Å². The summed E-state index contributed by atoms with van der Waals surface area (Å²) in [4.78, 5) is 8.70. The molecule has 0 aliphatic heterocycles. The fourth-order valence-corrected chi connectivity index (χ4v) is 3.51. The zero-order chi connectivity index (χ0) is 15.0. The van der Waals surface area contributed by atoms with Gasteiger partial charge in [0.05, 0.1) is 0 Å². The Bertz CT molecular complexity index is 806. The maximum Gasteiger partial charge on any atom is 0.282 e. The van der Waals surface area contributed by atoms with Crippen LogP contribution in [0.2, 0.25) is 5.02 Å². The number of hydrogen-bond acceptors (Lipinski definition) is 5. The third-order valence-corrected chi connectivity index (χ3v) is 4.57. The van der Waals surface area contributed by atoms with Crippen LogP contribution in [-0.2, 0) is 17.7 Å². The molecule has 0 saturated carbocycles. The van der Waals surface area contributed by atoms with Crippen molar-refractivity contribution in [2.24, 2.45) is 0 Å². The summed E-state index contributed by atoms with van der Waals surface area (Å²) in [5.41, 5.74) is 6.48. The molecule has 3 aromatic rings. The molecule has 1 atom stereocenters. The van der Waals surface area contributed by atoms with Gasteiger partial charge in [0.25, 0.3) is 5.03 Å². The average Bonchev–Trinajstić information content (AvgIpc) is 2.86. The van der Waals surface area contributed by atoms with Crippen molar-refractivity contribution >= 4 is 39.6 Å². The Labute approximate surface area is 129 Å². The molecular formula is C13H12ClN5OS. The van der Waals surface area contributed by atoms with Gasteiger partial charge >= 0.3 is 0 Å². The second-order valence-electron chi connectivity index (χ2n) is 4.30. The largest absolute Gasteiger partial charge is 0.605 e. The molecule has 0 saturated heterocycles. The maximum atomic E-state index is 12.8. The van der Waals surface area contributed by atoms with Crippen molar-refractivity contribution in [3.05, 3.63) is 35.6 Å². The lowest BCUT2D eigenvalue weighted by Crippen LogP contribution is -2.05. The summed E-state index contributed by atoms with van der Waals surface area (Å²) in [6.45, 7) is 2.52. The van der Waals surface area contributed by atoms with Crippen LogP contribution in [-0.4, -0.2) is 24.3 Å². The van der Waals surface area contributed by atoms with Crippen molar-refractivity contribution in [1.82, 2.24) is 19.7 Å². The van der Waals surface area contributed by atoms with E-state index in [1.165, 1.54) is 6.33 Å². The first-order valence-electron chi connectivity index (χ1n) is 6.26. The van der Waals surface area contributed by atoms with Gasteiger partial charge in [0, 0.05) is 28.8 Å². The van der Waals surface area contributed by atoms with E-state index < -0.39 is 11.2 Å². The number of nitrogens with zero attached hydrogens (tertiary/aromatic N) is 4. The molecule has 8 heteroatoms. The summed E-state index contributed by atoms with van der Waals surface area (Å²) in [6, 6.07) is 6.85. The molecule has 0 bridgehead atoms. The van der Waals surface area contributed by atoms with Crippen molar-refractivity contribution in [2.75, 3.05) is 5.73 Å². The molecule has 2 heterocycles. The smallest absolute Gasteiger partial charge is 0.282 e. The highest BCUT2D eigenvalue weighted by Gasteiger charge is 2.26. The number of aromatic nitrogens is 4. The summed E-state index contributed by atoms with van der Waals surface area (Å²) in [5, 5.41) is 5.76. The summed E-state index contributed by atoms with van der Waals surface area (Å²) in [5.74, 6) is 0.269. The predicted octanol–water partition coefficient (Wildman–Crippen LogP) is 2.25. The van der Waals surface area contributed by atoms with Gasteiger partial charge in [-0.2, -0.15) is 0 Å². The van der Waals surface area contributed by atoms with Gasteiger partial charge in [-0.15, -0.1) is 5.10 Å². The van der Waals surface area contributed by atoms with Crippen LogP contribution >= 0.6 is 11.6 Å². The van der Waals surface area contributed by atoms with Crippen molar-refractivity contribution in [3.8, 4) is 0 Å². The van der Waals surface area contributed by atoms with Crippen molar-refractivity contribution in [3.63, 3.8) is 0 Å². The summed E-state index contributed by atoms with van der Waals surface area (Å²) < 4.78 is 14.4. The molecule has 2 aromatic heterocycles. The van der Waals surface area contributed by atoms with Gasteiger partial charge in [-0.3, -0.25) is 0 Å². The van der Waals surface area contributed by atoms with Crippen LogP contribution in [0.15, 0.2) is 40.5 Å². The van der Waals surface area contributed by atoms with E-state index in [0.29, 0.717) is 32.5 Å². The Balaban J connectivity index is 2.20. The average molecular weight is 322 g/mol. The molecule has 108 valence electrons. The Morgan fingerprint density at radius 2 is 2.19 bits per heavy atom. The summed E-state index contributed by atoms with van der Waals surface area (Å²) in [7, 11) is 0. The number of benzene rings is 1. The molecule has 0 radical (unpaired) electrons. The van der Waals surface area contributed by atoms with E-state index in [1.807, 2.05) is 6.92 Å². The molecule has 21 heavy (non-hydrogen) atoms. The molecule has 2 N–H and O–H groups in total. The van der Waals surface area contributed by atoms with E-state index in [-0.39, 0.29) is 5.82 Å². The first kappa shape index (κ1) is 14.1.